The van der Waals surface area contributed by atoms with Gasteiger partial charge in [-0.1, -0.05) is 65.5 Å². The molecule has 0 aromatic carbocycles. The minimum atomic E-state index is 0. The van der Waals surface area contributed by atoms with Crippen molar-refractivity contribution in [2.24, 2.45) is 11.8 Å². The summed E-state index contributed by atoms with van der Waals surface area (Å²) in [5.41, 5.74) is 1.65. The highest BCUT2D eigenvalue weighted by Gasteiger charge is 2.23. The van der Waals surface area contributed by atoms with E-state index in [4.69, 9.17) is 0 Å². The van der Waals surface area contributed by atoms with Crippen LogP contribution in [0.2, 0.25) is 0 Å². The largest absolute Gasteiger partial charge is 0.412 e. The van der Waals surface area contributed by atoms with Crippen LogP contribution in [0.1, 0.15) is 66.7 Å². The zero-order valence-electron chi connectivity index (χ0n) is 11.8. The lowest BCUT2D eigenvalue weighted by Crippen LogP contribution is -1.96. The molecule has 0 aliphatic heterocycles. The number of allylic oxidation sites excluding steroid dienone is 2. The van der Waals surface area contributed by atoms with E-state index in [9.17, 15) is 0 Å². The van der Waals surface area contributed by atoms with Crippen molar-refractivity contribution in [2.45, 2.75) is 66.7 Å². The summed E-state index contributed by atoms with van der Waals surface area (Å²) < 4.78 is 0. The van der Waals surface area contributed by atoms with E-state index >= 15 is 0 Å². The first kappa shape index (κ1) is 18.1. The number of hydrogen-bond donors (Lipinski definition) is 0. The highest BCUT2D eigenvalue weighted by molar-refractivity contribution is 5.40. The lowest BCUT2D eigenvalue weighted by atomic mass is 9.96. The maximum atomic E-state index is 2.40. The molecule has 2 atom stereocenters. The second-order valence-electron chi connectivity index (χ2n) is 4.14. The molecule has 2 aliphatic carbocycles. The van der Waals surface area contributed by atoms with Crippen LogP contribution >= 0.6 is 0 Å². The van der Waals surface area contributed by atoms with Crippen LogP contribution in [0.5, 0.6) is 0 Å². The summed E-state index contributed by atoms with van der Waals surface area (Å²) in [6, 6.07) is 0. The number of rotatable bonds is 1. The van der Waals surface area contributed by atoms with Crippen molar-refractivity contribution in [3.8, 4) is 0 Å². The van der Waals surface area contributed by atoms with Crippen LogP contribution in [-0.2, 0) is 0 Å². The monoisotopic (exact) mass is 227 g/mol. The second-order valence-corrected chi connectivity index (χ2v) is 4.14. The van der Waals surface area contributed by atoms with Gasteiger partial charge in [0, 0.05) is 6.42 Å². The Hall–Kier alpha value is -0.300. The Kier molecular flexibility index (Phi) is 12.6. The molecule has 2 rings (SSSR count). The van der Waals surface area contributed by atoms with E-state index in [1.54, 1.807) is 5.57 Å². The van der Waals surface area contributed by atoms with Crippen LogP contribution < -0.4 is 0 Å². The van der Waals surface area contributed by atoms with E-state index in [2.05, 4.69) is 19.4 Å². The summed E-state index contributed by atoms with van der Waals surface area (Å²) >= 11 is 0. The molecular formula is C15H31O. The Bertz CT molecular complexity index is 172. The molecule has 2 N–H and O–H groups in total. The lowest BCUT2D eigenvalue weighted by molar-refractivity contribution is 0.492. The van der Waals surface area contributed by atoms with E-state index < -0.39 is 0 Å². The minimum absolute atomic E-state index is 0. The van der Waals surface area contributed by atoms with E-state index in [-0.39, 0.29) is 5.48 Å². The molecule has 2 aliphatic rings. The fourth-order valence-corrected chi connectivity index (χ4v) is 2.14. The summed E-state index contributed by atoms with van der Waals surface area (Å²) in [7, 11) is 0. The first-order valence-corrected chi connectivity index (χ1v) is 6.91. The normalized spacial score (nSPS) is 26.7. The molecule has 2 unspecified atom stereocenters. The van der Waals surface area contributed by atoms with Gasteiger partial charge in [-0.15, -0.1) is 0 Å². The van der Waals surface area contributed by atoms with E-state index in [0.717, 1.165) is 11.8 Å². The SMILES string of the molecule is CC.CC.CC1CCCC(C2=C[CH]2)CC1.O. The predicted molar refractivity (Wildman–Crippen MR) is 74.4 cm³/mol. The quantitative estimate of drug-likeness (QED) is 0.587. The summed E-state index contributed by atoms with van der Waals surface area (Å²) in [6.45, 7) is 10.4. The van der Waals surface area contributed by atoms with Crippen LogP contribution in [0.4, 0.5) is 0 Å². The molecule has 1 fully saturated rings. The molecular weight excluding hydrogens is 196 g/mol. The minimum Gasteiger partial charge on any atom is -0.412 e. The maximum Gasteiger partial charge on any atom is 0.00832 e. The Morgan fingerprint density at radius 2 is 1.50 bits per heavy atom. The van der Waals surface area contributed by atoms with Gasteiger partial charge in [-0.3, -0.25) is 0 Å². The highest BCUT2D eigenvalue weighted by Crippen LogP contribution is 2.37. The molecule has 1 saturated carbocycles. The summed E-state index contributed by atoms with van der Waals surface area (Å²) in [4.78, 5) is 0. The fraction of sp³-hybridized carbons (Fsp3) is 0.800. The standard InChI is InChI=1S/C11H17.2C2H6.H2O/c1-9-3-2-4-10(6-5-9)11-7-8-11;2*1-2;/h7-10H,2-6H2,1H3;2*1-2H3;1H2. The van der Waals surface area contributed by atoms with E-state index in [1.165, 1.54) is 32.1 Å². The summed E-state index contributed by atoms with van der Waals surface area (Å²) in [6.07, 6.45) is 11.9. The topological polar surface area (TPSA) is 31.5 Å². The first-order valence-electron chi connectivity index (χ1n) is 6.91. The van der Waals surface area contributed by atoms with Crippen molar-refractivity contribution < 1.29 is 5.48 Å². The molecule has 0 bridgehead atoms. The van der Waals surface area contributed by atoms with Crippen molar-refractivity contribution in [1.82, 2.24) is 0 Å². The van der Waals surface area contributed by atoms with E-state index in [0.29, 0.717) is 0 Å². The molecule has 0 aromatic heterocycles. The Labute approximate surface area is 103 Å². The van der Waals surface area contributed by atoms with Crippen LogP contribution in [0, 0.1) is 18.3 Å². The fourth-order valence-electron chi connectivity index (χ4n) is 2.14. The zero-order chi connectivity index (χ0) is 11.7. The van der Waals surface area contributed by atoms with Gasteiger partial charge in [-0.2, -0.15) is 0 Å². The van der Waals surface area contributed by atoms with Gasteiger partial charge in [-0.05, 0) is 24.7 Å². The van der Waals surface area contributed by atoms with Gasteiger partial charge < -0.3 is 5.48 Å². The molecule has 16 heavy (non-hydrogen) atoms. The third-order valence-electron chi connectivity index (χ3n) is 3.09. The smallest absolute Gasteiger partial charge is 0.00832 e. The van der Waals surface area contributed by atoms with Crippen molar-refractivity contribution in [2.75, 3.05) is 0 Å². The Morgan fingerprint density at radius 1 is 0.938 bits per heavy atom. The molecule has 97 valence electrons. The van der Waals surface area contributed by atoms with Gasteiger partial charge in [0.05, 0.1) is 0 Å². The third kappa shape index (κ3) is 7.05. The van der Waals surface area contributed by atoms with Gasteiger partial charge in [0.15, 0.2) is 0 Å². The van der Waals surface area contributed by atoms with Gasteiger partial charge in [0.25, 0.3) is 0 Å². The maximum absolute atomic E-state index is 2.40. The summed E-state index contributed by atoms with van der Waals surface area (Å²) in [5, 5.41) is 0. The average Bonchev–Trinajstić information content (AvgIpc) is 3.11. The molecule has 1 nitrogen and oxygen atoms in total. The Balaban J connectivity index is 0. The molecule has 0 spiro atoms. The highest BCUT2D eigenvalue weighted by atomic mass is 16.0. The molecule has 1 heteroatoms. The van der Waals surface area contributed by atoms with Gasteiger partial charge >= 0.3 is 0 Å². The lowest BCUT2D eigenvalue weighted by Gasteiger charge is -2.09. The first-order chi connectivity index (χ1) is 7.36. The van der Waals surface area contributed by atoms with Crippen molar-refractivity contribution in [3.05, 3.63) is 18.1 Å². The van der Waals surface area contributed by atoms with Gasteiger partial charge in [-0.25, -0.2) is 0 Å². The van der Waals surface area contributed by atoms with Gasteiger partial charge in [0.2, 0.25) is 0 Å². The van der Waals surface area contributed by atoms with Crippen molar-refractivity contribution in [3.63, 3.8) is 0 Å². The molecule has 0 amide bonds. The third-order valence-corrected chi connectivity index (χ3v) is 3.09. The van der Waals surface area contributed by atoms with E-state index in [1.807, 2.05) is 27.7 Å². The van der Waals surface area contributed by atoms with Crippen molar-refractivity contribution in [1.29, 1.82) is 0 Å². The van der Waals surface area contributed by atoms with Crippen LogP contribution in [-0.4, -0.2) is 5.48 Å². The van der Waals surface area contributed by atoms with Gasteiger partial charge in [0.1, 0.15) is 0 Å². The summed E-state index contributed by atoms with van der Waals surface area (Å²) in [5.74, 6) is 1.93. The molecule has 0 heterocycles. The predicted octanol–water partition coefficient (Wildman–Crippen LogP) is 4.57. The van der Waals surface area contributed by atoms with Crippen LogP contribution in [0.25, 0.3) is 0 Å². The molecule has 1 radical (unpaired) electrons. The van der Waals surface area contributed by atoms with Crippen LogP contribution in [0.15, 0.2) is 11.6 Å². The molecule has 0 saturated heterocycles. The molecule has 0 aromatic rings. The Morgan fingerprint density at radius 3 is 2.00 bits per heavy atom. The van der Waals surface area contributed by atoms with Crippen LogP contribution in [0.3, 0.4) is 0 Å². The zero-order valence-corrected chi connectivity index (χ0v) is 11.8. The number of hydrogen-bond acceptors (Lipinski definition) is 0. The average molecular weight is 227 g/mol. The van der Waals surface area contributed by atoms with Crippen molar-refractivity contribution >= 4 is 0 Å². The second kappa shape index (κ2) is 11.2.